The second-order valence-electron chi connectivity index (χ2n) is 11.0. The van der Waals surface area contributed by atoms with Gasteiger partial charge in [-0.05, 0) is 73.3 Å². The zero-order valence-corrected chi connectivity index (χ0v) is 27.2. The van der Waals surface area contributed by atoms with E-state index in [-0.39, 0.29) is 51.8 Å². The highest BCUT2D eigenvalue weighted by molar-refractivity contribution is 6.33. The van der Waals surface area contributed by atoms with E-state index in [1.807, 2.05) is 25.1 Å². The number of amides is 1. The van der Waals surface area contributed by atoms with Crippen molar-refractivity contribution in [3.63, 3.8) is 0 Å². The first-order valence-electron chi connectivity index (χ1n) is 14.4. The van der Waals surface area contributed by atoms with E-state index < -0.39 is 17.1 Å². The molecular formula is C34H29Cl2FN6O4. The second kappa shape index (κ2) is 14.2. The average Bonchev–Trinajstić information content (AvgIpc) is 3.04. The van der Waals surface area contributed by atoms with E-state index in [2.05, 4.69) is 10.3 Å². The molecule has 2 heterocycles. The third kappa shape index (κ3) is 7.20. The van der Waals surface area contributed by atoms with Gasteiger partial charge in [0.1, 0.15) is 23.0 Å². The van der Waals surface area contributed by atoms with Gasteiger partial charge in [-0.25, -0.2) is 13.8 Å². The van der Waals surface area contributed by atoms with E-state index in [1.165, 1.54) is 42.3 Å². The Hall–Kier alpha value is -5.02. The van der Waals surface area contributed by atoms with Crippen molar-refractivity contribution < 1.29 is 13.9 Å². The summed E-state index contributed by atoms with van der Waals surface area (Å²) < 4.78 is 22.2. The summed E-state index contributed by atoms with van der Waals surface area (Å²) in [5.41, 5.74) is 0.911. The first kappa shape index (κ1) is 33.3. The minimum absolute atomic E-state index is 0.0750. The van der Waals surface area contributed by atoms with Crippen LogP contribution < -0.4 is 21.3 Å². The van der Waals surface area contributed by atoms with Crippen molar-refractivity contribution in [3.05, 3.63) is 120 Å². The number of fused-ring (bicyclic) bond motifs is 1. The lowest BCUT2D eigenvalue weighted by Crippen LogP contribution is -2.39. The van der Waals surface area contributed by atoms with Gasteiger partial charge < -0.3 is 15.0 Å². The van der Waals surface area contributed by atoms with Crippen LogP contribution in [0, 0.1) is 17.1 Å². The number of carbonyl (C=O) groups excluding carboxylic acids is 1. The Bertz CT molecular complexity index is 2170. The fourth-order valence-corrected chi connectivity index (χ4v) is 5.58. The minimum atomic E-state index is -0.733. The number of benzene rings is 3. The number of nitriles is 1. The van der Waals surface area contributed by atoms with Crippen LogP contribution in [0.2, 0.25) is 10.0 Å². The van der Waals surface area contributed by atoms with Crippen LogP contribution in [0.5, 0.6) is 5.75 Å². The number of nitrogens with zero attached hydrogens (tertiary/aromatic N) is 5. The molecule has 0 atom stereocenters. The van der Waals surface area contributed by atoms with Gasteiger partial charge in [0.15, 0.2) is 0 Å². The predicted molar refractivity (Wildman–Crippen MR) is 179 cm³/mol. The topological polar surface area (TPSA) is 122 Å². The Kier molecular flexibility index (Phi) is 10.1. The van der Waals surface area contributed by atoms with Crippen LogP contribution in [-0.4, -0.2) is 59.2 Å². The third-order valence-electron chi connectivity index (χ3n) is 7.46. The van der Waals surface area contributed by atoms with Gasteiger partial charge in [-0.3, -0.25) is 19.1 Å². The number of carbonyl (C=O) groups is 1. The maximum Gasteiger partial charge on any atom is 0.336 e. The predicted octanol–water partition coefficient (Wildman–Crippen LogP) is 4.81. The van der Waals surface area contributed by atoms with E-state index >= 15 is 0 Å². The van der Waals surface area contributed by atoms with E-state index in [9.17, 15) is 24.0 Å². The van der Waals surface area contributed by atoms with Crippen LogP contribution in [0.1, 0.15) is 16.7 Å². The number of aromatic nitrogens is 3. The van der Waals surface area contributed by atoms with E-state index in [0.717, 1.165) is 10.6 Å². The highest BCUT2D eigenvalue weighted by atomic mass is 35.5. The van der Waals surface area contributed by atoms with Crippen molar-refractivity contribution in [1.82, 2.24) is 24.3 Å². The zero-order chi connectivity index (χ0) is 33.8. The smallest absolute Gasteiger partial charge is 0.336 e. The van der Waals surface area contributed by atoms with Crippen LogP contribution in [0.15, 0.2) is 76.6 Å². The molecule has 5 aromatic rings. The molecule has 3 aromatic carbocycles. The molecule has 10 nitrogen and oxygen atoms in total. The van der Waals surface area contributed by atoms with Crippen molar-refractivity contribution in [1.29, 1.82) is 5.26 Å². The Balaban J connectivity index is 1.72. The molecule has 5 rings (SSSR count). The van der Waals surface area contributed by atoms with Crippen molar-refractivity contribution in [2.45, 2.75) is 13.0 Å². The van der Waals surface area contributed by atoms with Gasteiger partial charge in [-0.15, -0.1) is 0 Å². The highest BCUT2D eigenvalue weighted by Crippen LogP contribution is 2.35. The Morgan fingerprint density at radius 2 is 1.83 bits per heavy atom. The van der Waals surface area contributed by atoms with Gasteiger partial charge in [-0.1, -0.05) is 35.3 Å². The van der Waals surface area contributed by atoms with Crippen molar-refractivity contribution in [3.8, 4) is 28.6 Å². The third-order valence-corrected chi connectivity index (χ3v) is 8.00. The number of likely N-dealkylation sites (N-methyl/N-ethyl adjacent to an activating group) is 1. The average molecular weight is 676 g/mol. The Morgan fingerprint density at radius 3 is 2.53 bits per heavy atom. The quantitative estimate of drug-likeness (QED) is 0.226. The Morgan fingerprint density at radius 1 is 1.06 bits per heavy atom. The molecule has 2 aromatic heterocycles. The van der Waals surface area contributed by atoms with Gasteiger partial charge in [0, 0.05) is 29.9 Å². The summed E-state index contributed by atoms with van der Waals surface area (Å²) in [5, 5.41) is 13.0. The summed E-state index contributed by atoms with van der Waals surface area (Å²) >= 11 is 12.8. The summed E-state index contributed by atoms with van der Waals surface area (Å²) in [6, 6.07) is 15.7. The van der Waals surface area contributed by atoms with Gasteiger partial charge in [-0.2, -0.15) is 5.26 Å². The molecule has 0 spiro atoms. The summed E-state index contributed by atoms with van der Waals surface area (Å²) in [7, 11) is 5.23. The maximum absolute atomic E-state index is 14.2. The molecule has 1 amide bonds. The number of hydrogen-bond acceptors (Lipinski definition) is 7. The molecule has 0 saturated heterocycles. The van der Waals surface area contributed by atoms with Gasteiger partial charge in [0.25, 0.3) is 5.56 Å². The first-order chi connectivity index (χ1) is 22.5. The largest absolute Gasteiger partial charge is 0.496 e. The van der Waals surface area contributed by atoms with Crippen LogP contribution in [-0.2, 0) is 17.8 Å². The van der Waals surface area contributed by atoms with E-state index in [0.29, 0.717) is 40.4 Å². The van der Waals surface area contributed by atoms with Gasteiger partial charge in [0.2, 0.25) is 5.91 Å². The number of ether oxygens (including phenoxy) is 1. The molecule has 47 heavy (non-hydrogen) atoms. The van der Waals surface area contributed by atoms with Crippen LogP contribution in [0.3, 0.4) is 0 Å². The molecular weight excluding hydrogens is 646 g/mol. The monoisotopic (exact) mass is 674 g/mol. The number of nitrogens with one attached hydrogen (secondary N) is 1. The molecule has 0 aliphatic carbocycles. The van der Waals surface area contributed by atoms with Crippen LogP contribution in [0.4, 0.5) is 4.39 Å². The highest BCUT2D eigenvalue weighted by Gasteiger charge is 2.21. The number of halogens is 3. The number of pyridine rings is 1. The summed E-state index contributed by atoms with van der Waals surface area (Å²) in [6.07, 6.45) is 2.81. The van der Waals surface area contributed by atoms with Crippen molar-refractivity contribution in [2.24, 2.45) is 0 Å². The first-order valence-corrected chi connectivity index (χ1v) is 15.1. The molecule has 0 fully saturated rings. The number of hydrogen-bond donors (Lipinski definition) is 1. The standard InChI is InChI=1S/C34H29Cl2FN6O4/c1-41(2)9-8-40-31(44)12-20-4-6-27(36)26(11-20)22-13-29-32(30(14-22)47-3)33(45)43(25-15-24(35)17-39-18-25)34(46)42(29)19-21-5-7-28(37)23(10-21)16-38/h4-7,10-11,13-15,17-18H,8-9,12,19H2,1-3H3,(H,40,44). The fourth-order valence-electron chi connectivity index (χ4n) is 5.18. The van der Waals surface area contributed by atoms with Gasteiger partial charge >= 0.3 is 5.69 Å². The summed E-state index contributed by atoms with van der Waals surface area (Å²) in [6.45, 7) is 1.06. The molecule has 13 heteroatoms. The number of methoxy groups -OCH3 is 1. The second-order valence-corrected chi connectivity index (χ2v) is 11.9. The van der Waals surface area contributed by atoms with E-state index in [4.69, 9.17) is 27.9 Å². The maximum atomic E-state index is 14.2. The zero-order valence-electron chi connectivity index (χ0n) is 25.7. The lowest BCUT2D eigenvalue weighted by molar-refractivity contribution is -0.120. The molecule has 0 radical (unpaired) electrons. The van der Waals surface area contributed by atoms with E-state index in [1.54, 1.807) is 30.3 Å². The van der Waals surface area contributed by atoms with Crippen molar-refractivity contribution in [2.75, 3.05) is 34.3 Å². The SMILES string of the molecule is COc1cc(-c2cc(CC(=O)NCCN(C)C)ccc2Cl)cc2c1c(=O)n(-c1cncc(Cl)c1)c(=O)n2Cc1ccc(F)c(C#N)c1. The molecule has 0 aliphatic heterocycles. The summed E-state index contributed by atoms with van der Waals surface area (Å²) in [5.74, 6) is -0.704. The van der Waals surface area contributed by atoms with Gasteiger partial charge in [0.05, 0.1) is 48.1 Å². The Labute approximate surface area is 279 Å². The molecule has 0 saturated carbocycles. The fraction of sp³-hybridized carbons (Fsp3) is 0.206. The lowest BCUT2D eigenvalue weighted by atomic mass is 9.99. The summed E-state index contributed by atoms with van der Waals surface area (Å²) in [4.78, 5) is 46.8. The molecule has 0 bridgehead atoms. The lowest BCUT2D eigenvalue weighted by Gasteiger charge is -2.18. The molecule has 0 aliphatic rings. The minimum Gasteiger partial charge on any atom is -0.496 e. The van der Waals surface area contributed by atoms with Crippen molar-refractivity contribution >= 4 is 40.0 Å². The molecule has 1 N–H and O–H groups in total. The van der Waals surface area contributed by atoms with Crippen LogP contribution >= 0.6 is 23.2 Å². The number of rotatable bonds is 10. The molecule has 0 unspecified atom stereocenters. The normalized spacial score (nSPS) is 11.1. The molecule has 240 valence electrons. The van der Waals surface area contributed by atoms with Crippen LogP contribution in [0.25, 0.3) is 27.7 Å².